The maximum Gasteiger partial charge on any atom is 0.216 e. The topological polar surface area (TPSA) is 81.0 Å². The number of aryl methyl sites for hydroxylation is 16. The van der Waals surface area contributed by atoms with Crippen molar-refractivity contribution in [2.75, 3.05) is 0 Å². The molecular formula is C127H125N5O4+4. The zero-order chi connectivity index (χ0) is 94.8. The normalized spacial score (nSPS) is 14.6. The lowest BCUT2D eigenvalue weighted by atomic mass is 9.68. The van der Waals surface area contributed by atoms with E-state index < -0.39 is 0 Å². The summed E-state index contributed by atoms with van der Waals surface area (Å²) in [5.74, 6) is 1.20. The van der Waals surface area contributed by atoms with E-state index in [1.165, 1.54) is 259 Å². The van der Waals surface area contributed by atoms with Gasteiger partial charge in [0.15, 0.2) is 24.8 Å². The largest absolute Gasteiger partial charge is 0.455 e. The van der Waals surface area contributed by atoms with Crippen LogP contribution in [0.15, 0.2) is 255 Å². The van der Waals surface area contributed by atoms with Crippen LogP contribution in [-0.2, 0) is 49.9 Å². The lowest BCUT2D eigenvalue weighted by molar-refractivity contribution is -0.660. The number of benzene rings is 11. The number of fused-ring (bicyclic) bond motifs is 30. The minimum atomic E-state index is -0.141. The second-order valence-electron chi connectivity index (χ2n) is 42.8. The Hall–Kier alpha value is -13.6. The molecule has 5 aliphatic rings. The van der Waals surface area contributed by atoms with E-state index >= 15 is 0 Å². The molecular weight excluding hydrogens is 1660 g/mol. The molecule has 9 heterocycles. The zero-order valence-corrected chi connectivity index (χ0v) is 83.8. The molecule has 0 N–H and O–H groups in total. The van der Waals surface area contributed by atoms with E-state index in [-0.39, 0.29) is 21.7 Å². The predicted octanol–water partition coefficient (Wildman–Crippen LogP) is 31.2. The van der Waals surface area contributed by atoms with Crippen molar-refractivity contribution in [2.45, 2.75) is 199 Å². The highest BCUT2D eigenvalue weighted by Crippen LogP contribution is 2.63. The summed E-state index contributed by atoms with van der Waals surface area (Å²) in [5, 5.41) is 9.77. The molecule has 0 bridgehead atoms. The molecule has 0 radical (unpaired) electrons. The van der Waals surface area contributed by atoms with E-state index in [0.717, 1.165) is 68.6 Å². The number of rotatable bonds is 8. The highest BCUT2D eigenvalue weighted by atomic mass is 16.3. The highest BCUT2D eigenvalue weighted by molar-refractivity contribution is 6.21. The van der Waals surface area contributed by atoms with Gasteiger partial charge in [0.25, 0.3) is 0 Å². The van der Waals surface area contributed by atoms with Crippen LogP contribution in [0.4, 0.5) is 0 Å². The van der Waals surface area contributed by atoms with Crippen LogP contribution in [-0.4, -0.2) is 4.98 Å². The third-order valence-electron chi connectivity index (χ3n) is 32.4. The molecule has 0 unspecified atom stereocenters. The van der Waals surface area contributed by atoms with Crippen molar-refractivity contribution < 1.29 is 35.9 Å². The average Bonchev–Trinajstić information content (AvgIpc) is 1.53. The molecule has 1 fully saturated rings. The maximum absolute atomic E-state index is 6.80. The summed E-state index contributed by atoms with van der Waals surface area (Å²) < 4.78 is 35.9. The number of hydrogen-bond acceptors (Lipinski definition) is 5. The van der Waals surface area contributed by atoms with Gasteiger partial charge in [-0.1, -0.05) is 226 Å². The van der Waals surface area contributed by atoms with Crippen LogP contribution in [0.2, 0.25) is 0 Å². The van der Waals surface area contributed by atoms with E-state index in [1.807, 2.05) is 12.3 Å². The fraction of sp³-hybridized carbons (Fsp3) is 0.283. The molecule has 0 saturated heterocycles. The minimum Gasteiger partial charge on any atom is -0.455 e. The molecule has 0 aliphatic heterocycles. The lowest BCUT2D eigenvalue weighted by Gasteiger charge is -2.35. The molecule has 9 heteroatoms. The summed E-state index contributed by atoms with van der Waals surface area (Å²) >= 11 is 0. The lowest BCUT2D eigenvalue weighted by Crippen LogP contribution is -2.31. The van der Waals surface area contributed by atoms with Gasteiger partial charge in [-0.25, -0.2) is 18.3 Å². The van der Waals surface area contributed by atoms with Crippen LogP contribution >= 0.6 is 0 Å². The van der Waals surface area contributed by atoms with Crippen molar-refractivity contribution in [1.82, 2.24) is 4.98 Å². The number of nitrogens with zero attached hydrogens (tertiary/aromatic N) is 5. The smallest absolute Gasteiger partial charge is 0.216 e. The first kappa shape index (κ1) is 87.7. The first-order valence-electron chi connectivity index (χ1n) is 49.3. The van der Waals surface area contributed by atoms with Crippen LogP contribution < -0.4 is 18.3 Å². The van der Waals surface area contributed by atoms with Crippen molar-refractivity contribution in [3.63, 3.8) is 0 Å². The average molecular weight is 1790 g/mol. The first-order valence-corrected chi connectivity index (χ1v) is 49.3. The monoisotopic (exact) mass is 1780 g/mol. The Bertz CT molecular complexity index is 8420. The fourth-order valence-corrected chi connectivity index (χ4v) is 25.4. The highest BCUT2D eigenvalue weighted by Gasteiger charge is 2.49. The van der Waals surface area contributed by atoms with E-state index in [0.29, 0.717) is 11.8 Å². The Balaban J connectivity index is 0.000000105. The van der Waals surface area contributed by atoms with Gasteiger partial charge in [-0.15, -0.1) is 0 Å². The predicted molar refractivity (Wildman–Crippen MR) is 561 cm³/mol. The minimum absolute atomic E-state index is 0.0161. The van der Waals surface area contributed by atoms with Crippen LogP contribution in [0.25, 0.3) is 177 Å². The Labute approximate surface area is 800 Å². The Morgan fingerprint density at radius 1 is 0.287 bits per heavy atom. The summed E-state index contributed by atoms with van der Waals surface area (Å²) in [4.78, 5) is 4.75. The number of hydrogen-bond donors (Lipinski definition) is 0. The van der Waals surface area contributed by atoms with Gasteiger partial charge in [-0.3, -0.25) is 4.98 Å². The molecule has 1 spiro atoms. The summed E-state index contributed by atoms with van der Waals surface area (Å²) in [5.41, 5.74) is 54.5. The van der Waals surface area contributed by atoms with Crippen molar-refractivity contribution in [1.29, 1.82) is 0 Å². The van der Waals surface area contributed by atoms with Crippen LogP contribution in [0, 0.1) is 94.9 Å². The molecule has 1 saturated carbocycles. The van der Waals surface area contributed by atoms with Gasteiger partial charge in [0, 0.05) is 129 Å². The van der Waals surface area contributed by atoms with E-state index in [1.54, 1.807) is 0 Å². The number of aromatic nitrogens is 5. The maximum atomic E-state index is 6.80. The summed E-state index contributed by atoms with van der Waals surface area (Å²) in [7, 11) is 8.52. The summed E-state index contributed by atoms with van der Waals surface area (Å²) in [6.07, 6.45) is 18.2. The molecule has 678 valence electrons. The molecule has 5 aliphatic carbocycles. The molecule has 25 rings (SSSR count). The van der Waals surface area contributed by atoms with Gasteiger partial charge in [0.2, 0.25) is 22.8 Å². The van der Waals surface area contributed by atoms with E-state index in [4.69, 9.17) is 22.7 Å². The zero-order valence-electron chi connectivity index (χ0n) is 83.8. The molecule has 9 nitrogen and oxygen atoms in total. The van der Waals surface area contributed by atoms with Crippen LogP contribution in [0.5, 0.6) is 0 Å². The number of pyridine rings is 5. The second kappa shape index (κ2) is 32.0. The first-order chi connectivity index (χ1) is 65.2. The van der Waals surface area contributed by atoms with Gasteiger partial charge in [-0.2, -0.15) is 0 Å². The van der Waals surface area contributed by atoms with Crippen LogP contribution in [0.3, 0.4) is 0 Å². The second-order valence-corrected chi connectivity index (χ2v) is 42.8. The van der Waals surface area contributed by atoms with E-state index in [9.17, 15) is 0 Å². The third kappa shape index (κ3) is 13.1. The van der Waals surface area contributed by atoms with Gasteiger partial charge < -0.3 is 17.7 Å². The Morgan fingerprint density at radius 3 is 1.04 bits per heavy atom. The van der Waals surface area contributed by atoms with Crippen LogP contribution in [0.1, 0.15) is 205 Å². The quantitative estimate of drug-likeness (QED) is 0.142. The summed E-state index contributed by atoms with van der Waals surface area (Å²) in [6.45, 7) is 44.8. The van der Waals surface area contributed by atoms with Crippen molar-refractivity contribution in [3.05, 3.63) is 349 Å². The van der Waals surface area contributed by atoms with Crippen molar-refractivity contribution >= 4 is 87.8 Å². The van der Waals surface area contributed by atoms with Gasteiger partial charge in [-0.05, 0) is 262 Å². The Morgan fingerprint density at radius 2 is 0.610 bits per heavy atom. The van der Waals surface area contributed by atoms with Gasteiger partial charge in [0.05, 0.1) is 27.9 Å². The molecule has 0 amide bonds. The van der Waals surface area contributed by atoms with Gasteiger partial charge >= 0.3 is 0 Å². The standard InChI is InChI=1S/C36H40NO.C32H30NO.C30H28NO.C29H27N2O/c1-21(2)18-36(19-22(3)4)28-12-10-9-11-26(28)33-29(36)15-16-31-34(33)27-14-13-23(5)32(35(27)38-31)30-17-24(6)25(7)20-37(30)8;1-19-11-12-23-30-27(34-31(23)28(19)26-17-20(2)21(3)18-33(26)4)14-13-25-29(30)22-9-5-6-10-24(22)32(25)15-7-8-16-32;1-17-11-12-21-28-25(32-29(21)26(17)24-15-18(2)19(3)16-31(24)6)14-13-23-27(28)20-9-7-8-10-22(20)30(23,4)5;1-16-9-10-19-20-11-12-22-25(21-8-7-13-30-28(21)29(22,4)5)27(20)32-26(19)24(16)23-14-17(2)18(3)15-31(23)6/h9-17,20-22H,18-19H2,1-8H3;5-6,9-14,17-18H,7-8,15-16H2,1-4H3;7-16H,1-6H3;7-15H,1-6H3/q4*+1. The molecule has 0 atom stereocenters. The molecule has 136 heavy (non-hydrogen) atoms. The fourth-order valence-electron chi connectivity index (χ4n) is 25.4. The van der Waals surface area contributed by atoms with Crippen molar-refractivity contribution in [3.8, 4) is 89.5 Å². The van der Waals surface area contributed by atoms with Gasteiger partial charge in [0.1, 0.15) is 72.9 Å². The number of furan rings is 4. The SMILES string of the molecule is Cc1cc(-c2c(C)ccc3c2oc2c4c(ccc23)C(C)(C)c2ncccc2-4)[n+](C)cc1C.Cc1cc(-c2c(C)ccc3c2oc2ccc4c(c23)-c2ccccc2C4(C)C)[n+](C)cc1C.Cc1cc(-c2c(C)ccc3c2oc2ccc4c(c23)-c2ccccc2C4(CC(C)C)CC(C)C)[n+](C)cc1C.Cc1cc(-c2c(C)ccc3c2oc2ccc4c(c23)-c2ccccc2C42CCCC2)[n+](C)cc1C. The molecule has 9 aromatic heterocycles. The van der Waals surface area contributed by atoms with Crippen molar-refractivity contribution in [2.24, 2.45) is 40.0 Å². The summed E-state index contributed by atoms with van der Waals surface area (Å²) in [6, 6.07) is 76.7. The molecule has 20 aromatic rings. The van der Waals surface area contributed by atoms with E-state index in [2.05, 4.69) is 410 Å². The molecule has 11 aromatic carbocycles. The third-order valence-corrected chi connectivity index (χ3v) is 32.4. The Kier molecular flexibility index (Phi) is 20.6.